The molecule has 0 unspecified atom stereocenters. The highest BCUT2D eigenvalue weighted by atomic mass is 14.9. The molecule has 2 heterocycles. The average Bonchev–Trinajstić information content (AvgIpc) is 2.54. The zero-order chi connectivity index (χ0) is 13.4. The monoisotopic (exact) mass is 257 g/mol. The van der Waals surface area contributed by atoms with Crippen LogP contribution in [0.15, 0.2) is 67.0 Å². The second kappa shape index (κ2) is 4.38. The van der Waals surface area contributed by atoms with Gasteiger partial charge in [0.15, 0.2) is 5.82 Å². The Morgan fingerprint density at radius 2 is 1.60 bits per heavy atom. The molecule has 0 fully saturated rings. The van der Waals surface area contributed by atoms with E-state index in [1.807, 2.05) is 54.7 Å². The van der Waals surface area contributed by atoms with Crippen molar-refractivity contribution < 1.29 is 0 Å². The lowest BCUT2D eigenvalue weighted by atomic mass is 10.1. The first-order chi connectivity index (χ1) is 9.90. The van der Waals surface area contributed by atoms with Crippen LogP contribution in [-0.2, 0) is 0 Å². The number of hydrogen-bond acceptors (Lipinski definition) is 3. The number of hydrogen-bond donors (Lipinski definition) is 0. The van der Waals surface area contributed by atoms with Gasteiger partial charge in [-0.3, -0.25) is 4.98 Å². The zero-order valence-electron chi connectivity index (χ0n) is 10.7. The van der Waals surface area contributed by atoms with Gasteiger partial charge in [0.1, 0.15) is 0 Å². The quantitative estimate of drug-likeness (QED) is 0.520. The van der Waals surface area contributed by atoms with Gasteiger partial charge in [-0.1, -0.05) is 36.4 Å². The van der Waals surface area contributed by atoms with Crippen LogP contribution in [0, 0.1) is 0 Å². The summed E-state index contributed by atoms with van der Waals surface area (Å²) in [6.07, 6.45) is 3.66. The van der Waals surface area contributed by atoms with Gasteiger partial charge < -0.3 is 0 Å². The maximum atomic E-state index is 4.61. The first-order valence-corrected chi connectivity index (χ1v) is 6.47. The Hall–Kier alpha value is -2.81. The molecule has 0 spiro atoms. The fraction of sp³-hybridized carbons (Fsp3) is 0. The number of para-hydroxylation sites is 1. The van der Waals surface area contributed by atoms with E-state index in [-0.39, 0.29) is 0 Å². The molecule has 4 aromatic rings. The van der Waals surface area contributed by atoms with E-state index in [9.17, 15) is 0 Å². The third-order valence-corrected chi connectivity index (χ3v) is 3.35. The summed E-state index contributed by atoms with van der Waals surface area (Å²) in [6.45, 7) is 0. The molecule has 3 nitrogen and oxygen atoms in total. The lowest BCUT2D eigenvalue weighted by Crippen LogP contribution is -1.90. The second-order valence-corrected chi connectivity index (χ2v) is 4.66. The summed E-state index contributed by atoms with van der Waals surface area (Å²) in [5.74, 6) is 0.733. The molecular formula is C17H11N3. The van der Waals surface area contributed by atoms with Crippen molar-refractivity contribution in [3.05, 3.63) is 67.0 Å². The largest absolute Gasteiger partial charge is 0.256 e. The first-order valence-electron chi connectivity index (χ1n) is 6.47. The molecule has 0 saturated heterocycles. The lowest BCUT2D eigenvalue weighted by molar-refractivity contribution is 1.23. The molecule has 0 bridgehead atoms. The smallest absolute Gasteiger partial charge is 0.159 e. The predicted octanol–water partition coefficient (Wildman–Crippen LogP) is 3.85. The van der Waals surface area contributed by atoms with Crippen LogP contribution in [0.2, 0.25) is 0 Å². The van der Waals surface area contributed by atoms with Gasteiger partial charge in [0.2, 0.25) is 0 Å². The highest BCUT2D eigenvalue weighted by molar-refractivity contribution is 5.84. The van der Waals surface area contributed by atoms with Crippen LogP contribution >= 0.6 is 0 Å². The SMILES string of the molecule is c1cnc2cc(-c3ncc4ccccc4n3)ccc2c1. The summed E-state index contributed by atoms with van der Waals surface area (Å²) in [5, 5.41) is 2.17. The molecule has 2 aromatic heterocycles. The van der Waals surface area contributed by atoms with Gasteiger partial charge in [0.25, 0.3) is 0 Å². The Balaban J connectivity index is 1.91. The molecule has 0 aliphatic carbocycles. The molecule has 3 heteroatoms. The van der Waals surface area contributed by atoms with Gasteiger partial charge in [0.05, 0.1) is 11.0 Å². The van der Waals surface area contributed by atoms with E-state index in [2.05, 4.69) is 21.0 Å². The zero-order valence-corrected chi connectivity index (χ0v) is 10.7. The van der Waals surface area contributed by atoms with Crippen LogP contribution in [0.25, 0.3) is 33.2 Å². The van der Waals surface area contributed by atoms with E-state index < -0.39 is 0 Å². The minimum absolute atomic E-state index is 0.733. The van der Waals surface area contributed by atoms with Crippen LogP contribution < -0.4 is 0 Å². The summed E-state index contributed by atoms with van der Waals surface area (Å²) < 4.78 is 0. The van der Waals surface area contributed by atoms with Gasteiger partial charge in [-0.15, -0.1) is 0 Å². The van der Waals surface area contributed by atoms with E-state index in [1.54, 1.807) is 6.20 Å². The fourth-order valence-corrected chi connectivity index (χ4v) is 2.32. The minimum Gasteiger partial charge on any atom is -0.256 e. The summed E-state index contributed by atoms with van der Waals surface area (Å²) in [7, 11) is 0. The molecule has 0 aliphatic heterocycles. The molecule has 20 heavy (non-hydrogen) atoms. The van der Waals surface area contributed by atoms with Crippen LogP contribution in [0.1, 0.15) is 0 Å². The van der Waals surface area contributed by atoms with Crippen molar-refractivity contribution >= 4 is 21.8 Å². The third-order valence-electron chi connectivity index (χ3n) is 3.35. The topological polar surface area (TPSA) is 38.7 Å². The molecule has 0 atom stereocenters. The van der Waals surface area contributed by atoms with Gasteiger partial charge in [-0.05, 0) is 18.2 Å². The molecule has 0 N–H and O–H groups in total. The van der Waals surface area contributed by atoms with Crippen LogP contribution in [0.4, 0.5) is 0 Å². The number of pyridine rings is 1. The molecule has 2 aromatic carbocycles. The molecule has 4 rings (SSSR count). The highest BCUT2D eigenvalue weighted by Crippen LogP contribution is 2.22. The summed E-state index contributed by atoms with van der Waals surface area (Å²) in [4.78, 5) is 13.4. The van der Waals surface area contributed by atoms with E-state index >= 15 is 0 Å². The Bertz CT molecular complexity index is 838. The van der Waals surface area contributed by atoms with Gasteiger partial charge in [0, 0.05) is 28.7 Å². The number of rotatable bonds is 1. The van der Waals surface area contributed by atoms with E-state index in [4.69, 9.17) is 0 Å². The Labute approximate surface area is 116 Å². The standard InChI is InChI=1S/C17H11N3/c1-2-6-15-14(4-1)11-19-17(20-15)13-8-7-12-5-3-9-18-16(12)10-13/h1-11H. The maximum absolute atomic E-state index is 4.61. The van der Waals surface area contributed by atoms with Crippen molar-refractivity contribution in [2.24, 2.45) is 0 Å². The number of fused-ring (bicyclic) bond motifs is 2. The number of aromatic nitrogens is 3. The molecular weight excluding hydrogens is 246 g/mol. The van der Waals surface area contributed by atoms with Crippen LogP contribution in [0.3, 0.4) is 0 Å². The van der Waals surface area contributed by atoms with E-state index in [1.165, 1.54) is 0 Å². The van der Waals surface area contributed by atoms with Crippen molar-refractivity contribution in [1.29, 1.82) is 0 Å². The Morgan fingerprint density at radius 1 is 0.700 bits per heavy atom. The minimum atomic E-state index is 0.733. The first kappa shape index (κ1) is 11.1. The molecule has 0 amide bonds. The van der Waals surface area contributed by atoms with Crippen LogP contribution in [-0.4, -0.2) is 15.0 Å². The van der Waals surface area contributed by atoms with Crippen molar-refractivity contribution in [1.82, 2.24) is 15.0 Å². The van der Waals surface area contributed by atoms with E-state index in [0.717, 1.165) is 33.2 Å². The highest BCUT2D eigenvalue weighted by Gasteiger charge is 2.04. The van der Waals surface area contributed by atoms with Crippen LogP contribution in [0.5, 0.6) is 0 Å². The Morgan fingerprint density at radius 3 is 2.60 bits per heavy atom. The molecule has 94 valence electrons. The Kier molecular flexibility index (Phi) is 2.42. The average molecular weight is 257 g/mol. The summed E-state index contributed by atoms with van der Waals surface area (Å²) >= 11 is 0. The van der Waals surface area contributed by atoms with Crippen molar-refractivity contribution in [3.63, 3.8) is 0 Å². The van der Waals surface area contributed by atoms with Crippen molar-refractivity contribution in [2.75, 3.05) is 0 Å². The maximum Gasteiger partial charge on any atom is 0.159 e. The number of nitrogens with zero attached hydrogens (tertiary/aromatic N) is 3. The molecule has 0 radical (unpaired) electrons. The lowest BCUT2D eigenvalue weighted by Gasteiger charge is -2.03. The van der Waals surface area contributed by atoms with Gasteiger partial charge in [-0.25, -0.2) is 9.97 Å². The van der Waals surface area contributed by atoms with Crippen molar-refractivity contribution in [3.8, 4) is 11.4 Å². The predicted molar refractivity (Wildman–Crippen MR) is 80.3 cm³/mol. The normalized spacial score (nSPS) is 11.0. The number of benzene rings is 2. The second-order valence-electron chi connectivity index (χ2n) is 4.66. The molecule has 0 saturated carbocycles. The summed E-state index contributed by atoms with van der Waals surface area (Å²) in [6, 6.07) is 18.1. The van der Waals surface area contributed by atoms with Gasteiger partial charge in [-0.2, -0.15) is 0 Å². The third kappa shape index (κ3) is 1.80. The summed E-state index contributed by atoms with van der Waals surface area (Å²) in [5.41, 5.74) is 2.90. The van der Waals surface area contributed by atoms with Gasteiger partial charge >= 0.3 is 0 Å². The fourth-order valence-electron chi connectivity index (χ4n) is 2.32. The molecule has 0 aliphatic rings. The van der Waals surface area contributed by atoms with Crippen molar-refractivity contribution in [2.45, 2.75) is 0 Å². The van der Waals surface area contributed by atoms with E-state index in [0.29, 0.717) is 0 Å².